The number of halogens is 2. The summed E-state index contributed by atoms with van der Waals surface area (Å²) in [7, 11) is 0. The Bertz CT molecular complexity index is 605. The van der Waals surface area contributed by atoms with Gasteiger partial charge in [0.05, 0.1) is 0 Å². The van der Waals surface area contributed by atoms with E-state index in [-0.39, 0.29) is 11.6 Å². The first-order valence-electron chi connectivity index (χ1n) is 6.70. The number of hydrogen-bond donors (Lipinski definition) is 0. The molecule has 2 aromatic rings. The molecule has 20 heavy (non-hydrogen) atoms. The largest absolute Gasteiger partial charge is 0.289 e. The van der Waals surface area contributed by atoms with Crippen molar-refractivity contribution >= 4 is 21.7 Å². The maximum absolute atomic E-state index is 12.9. The number of carbonyl (C=O) groups excluding carboxylic acids is 1. The molecule has 0 aliphatic carbocycles. The second-order valence-electron chi connectivity index (χ2n) is 4.75. The van der Waals surface area contributed by atoms with E-state index in [0.29, 0.717) is 11.1 Å². The Labute approximate surface area is 127 Å². The van der Waals surface area contributed by atoms with Crippen LogP contribution in [0, 0.1) is 5.82 Å². The normalized spacial score (nSPS) is 10.6. The summed E-state index contributed by atoms with van der Waals surface area (Å²) < 4.78 is 13.7. The van der Waals surface area contributed by atoms with E-state index in [2.05, 4.69) is 22.9 Å². The van der Waals surface area contributed by atoms with Gasteiger partial charge in [0.2, 0.25) is 0 Å². The standard InChI is InChI=1S/C17H16BrFO/c1-2-3-4-12-5-10-15(16(18)11-12)17(20)13-6-8-14(19)9-7-13/h5-11H,2-4H2,1H3. The highest BCUT2D eigenvalue weighted by molar-refractivity contribution is 9.10. The Balaban J connectivity index is 2.24. The molecule has 0 saturated heterocycles. The zero-order valence-electron chi connectivity index (χ0n) is 11.3. The zero-order valence-corrected chi connectivity index (χ0v) is 12.9. The van der Waals surface area contributed by atoms with Crippen molar-refractivity contribution in [2.75, 3.05) is 0 Å². The molecule has 0 heterocycles. The number of aryl methyl sites for hydroxylation is 1. The molecule has 0 N–H and O–H groups in total. The van der Waals surface area contributed by atoms with Crippen LogP contribution < -0.4 is 0 Å². The molecule has 2 aromatic carbocycles. The molecule has 0 amide bonds. The topological polar surface area (TPSA) is 17.1 Å². The SMILES string of the molecule is CCCCc1ccc(C(=O)c2ccc(F)cc2)c(Br)c1. The Morgan fingerprint density at radius 1 is 1.15 bits per heavy atom. The summed E-state index contributed by atoms with van der Waals surface area (Å²) in [5.41, 5.74) is 2.32. The van der Waals surface area contributed by atoms with E-state index in [9.17, 15) is 9.18 Å². The van der Waals surface area contributed by atoms with Gasteiger partial charge in [-0.25, -0.2) is 4.39 Å². The van der Waals surface area contributed by atoms with Crippen LogP contribution >= 0.6 is 15.9 Å². The fourth-order valence-corrected chi connectivity index (χ4v) is 2.64. The van der Waals surface area contributed by atoms with Gasteiger partial charge in [-0.2, -0.15) is 0 Å². The molecule has 0 bridgehead atoms. The van der Waals surface area contributed by atoms with Gasteiger partial charge in [0, 0.05) is 15.6 Å². The van der Waals surface area contributed by atoms with Crippen molar-refractivity contribution in [3.05, 3.63) is 69.4 Å². The van der Waals surface area contributed by atoms with Crippen LogP contribution in [0.1, 0.15) is 41.3 Å². The van der Waals surface area contributed by atoms with E-state index in [1.165, 1.54) is 29.8 Å². The van der Waals surface area contributed by atoms with Gasteiger partial charge in [-0.3, -0.25) is 4.79 Å². The third-order valence-electron chi connectivity index (χ3n) is 3.20. The van der Waals surface area contributed by atoms with Crippen LogP contribution in [0.2, 0.25) is 0 Å². The van der Waals surface area contributed by atoms with Gasteiger partial charge in [0.25, 0.3) is 0 Å². The minimum Gasteiger partial charge on any atom is -0.289 e. The first-order chi connectivity index (χ1) is 9.61. The molecular formula is C17H16BrFO. The van der Waals surface area contributed by atoms with Crippen molar-refractivity contribution in [1.82, 2.24) is 0 Å². The zero-order chi connectivity index (χ0) is 14.5. The number of hydrogen-bond acceptors (Lipinski definition) is 1. The Hall–Kier alpha value is -1.48. The molecule has 0 fully saturated rings. The lowest BCUT2D eigenvalue weighted by Crippen LogP contribution is -2.03. The quantitative estimate of drug-likeness (QED) is 0.690. The van der Waals surface area contributed by atoms with Crippen LogP contribution in [-0.2, 0) is 6.42 Å². The fourth-order valence-electron chi connectivity index (χ4n) is 2.04. The average molecular weight is 335 g/mol. The van der Waals surface area contributed by atoms with Crippen LogP contribution in [0.15, 0.2) is 46.9 Å². The number of carbonyl (C=O) groups is 1. The van der Waals surface area contributed by atoms with Crippen LogP contribution in [0.25, 0.3) is 0 Å². The van der Waals surface area contributed by atoms with Gasteiger partial charge >= 0.3 is 0 Å². The van der Waals surface area contributed by atoms with Gasteiger partial charge in [-0.15, -0.1) is 0 Å². The van der Waals surface area contributed by atoms with Gasteiger partial charge in [-0.05, 0) is 54.8 Å². The van der Waals surface area contributed by atoms with E-state index >= 15 is 0 Å². The highest BCUT2D eigenvalue weighted by Gasteiger charge is 2.13. The molecule has 1 nitrogen and oxygen atoms in total. The summed E-state index contributed by atoms with van der Waals surface area (Å²) in [6, 6.07) is 11.4. The number of rotatable bonds is 5. The molecule has 104 valence electrons. The fraction of sp³-hybridized carbons (Fsp3) is 0.235. The number of ketones is 1. The van der Waals surface area contributed by atoms with Gasteiger partial charge in [0.15, 0.2) is 5.78 Å². The monoisotopic (exact) mass is 334 g/mol. The molecule has 0 aliphatic heterocycles. The maximum Gasteiger partial charge on any atom is 0.194 e. The lowest BCUT2D eigenvalue weighted by molar-refractivity contribution is 0.103. The maximum atomic E-state index is 12.9. The molecule has 0 aliphatic rings. The van der Waals surface area contributed by atoms with Gasteiger partial charge in [0.1, 0.15) is 5.82 Å². The molecular weight excluding hydrogens is 319 g/mol. The Kier molecular flexibility index (Phi) is 5.07. The summed E-state index contributed by atoms with van der Waals surface area (Å²) in [4.78, 5) is 12.4. The van der Waals surface area contributed by atoms with E-state index < -0.39 is 0 Å². The molecule has 2 rings (SSSR count). The highest BCUT2D eigenvalue weighted by atomic mass is 79.9. The molecule has 0 aromatic heterocycles. The van der Waals surface area contributed by atoms with Crippen LogP contribution in [0.3, 0.4) is 0 Å². The molecule has 0 radical (unpaired) electrons. The summed E-state index contributed by atoms with van der Waals surface area (Å²) >= 11 is 3.46. The number of unbranched alkanes of at least 4 members (excludes halogenated alkanes) is 1. The predicted molar refractivity (Wildman–Crippen MR) is 82.6 cm³/mol. The Morgan fingerprint density at radius 2 is 1.85 bits per heavy atom. The summed E-state index contributed by atoms with van der Waals surface area (Å²) in [6.45, 7) is 2.15. The van der Waals surface area contributed by atoms with Crippen molar-refractivity contribution in [2.24, 2.45) is 0 Å². The predicted octanol–water partition coefficient (Wildman–Crippen LogP) is 5.16. The first kappa shape index (κ1) is 14.9. The van der Waals surface area contributed by atoms with Crippen molar-refractivity contribution in [3.63, 3.8) is 0 Å². The minimum atomic E-state index is -0.337. The lowest BCUT2D eigenvalue weighted by Gasteiger charge is -2.07. The molecule has 0 atom stereocenters. The van der Waals surface area contributed by atoms with Crippen molar-refractivity contribution in [3.8, 4) is 0 Å². The highest BCUT2D eigenvalue weighted by Crippen LogP contribution is 2.23. The third kappa shape index (κ3) is 3.54. The molecule has 0 unspecified atom stereocenters. The van der Waals surface area contributed by atoms with E-state index in [1.807, 2.05) is 18.2 Å². The van der Waals surface area contributed by atoms with Crippen LogP contribution in [-0.4, -0.2) is 5.78 Å². The second kappa shape index (κ2) is 6.80. The van der Waals surface area contributed by atoms with Crippen molar-refractivity contribution < 1.29 is 9.18 Å². The van der Waals surface area contributed by atoms with E-state index in [0.717, 1.165) is 23.7 Å². The van der Waals surface area contributed by atoms with Crippen LogP contribution in [0.5, 0.6) is 0 Å². The molecule has 0 saturated carbocycles. The van der Waals surface area contributed by atoms with Crippen molar-refractivity contribution in [2.45, 2.75) is 26.2 Å². The Morgan fingerprint density at radius 3 is 2.45 bits per heavy atom. The average Bonchev–Trinajstić information content (AvgIpc) is 2.45. The summed E-state index contributed by atoms with van der Waals surface area (Å²) in [5.74, 6) is -0.436. The van der Waals surface area contributed by atoms with Crippen LogP contribution in [0.4, 0.5) is 4.39 Å². The third-order valence-corrected chi connectivity index (χ3v) is 3.86. The summed E-state index contributed by atoms with van der Waals surface area (Å²) in [5, 5.41) is 0. The lowest BCUT2D eigenvalue weighted by atomic mass is 10.0. The van der Waals surface area contributed by atoms with Gasteiger partial charge in [-0.1, -0.05) is 35.3 Å². The molecule has 3 heteroatoms. The van der Waals surface area contributed by atoms with E-state index in [1.54, 1.807) is 0 Å². The molecule has 0 spiro atoms. The smallest absolute Gasteiger partial charge is 0.194 e. The van der Waals surface area contributed by atoms with Crippen molar-refractivity contribution in [1.29, 1.82) is 0 Å². The first-order valence-corrected chi connectivity index (χ1v) is 7.50. The minimum absolute atomic E-state index is 0.0982. The van der Waals surface area contributed by atoms with Gasteiger partial charge < -0.3 is 0 Å². The summed E-state index contributed by atoms with van der Waals surface area (Å²) in [6.07, 6.45) is 3.30. The van der Waals surface area contributed by atoms with E-state index in [4.69, 9.17) is 0 Å². The second-order valence-corrected chi connectivity index (χ2v) is 5.61. The number of benzene rings is 2.